The summed E-state index contributed by atoms with van der Waals surface area (Å²) >= 11 is 0. The van der Waals surface area contributed by atoms with Gasteiger partial charge in [-0.25, -0.2) is 0 Å². The molecule has 0 unspecified atom stereocenters. The maximum Gasteiger partial charge on any atom is 0.0705 e. The summed E-state index contributed by atoms with van der Waals surface area (Å²) in [4.78, 5) is 4.86. The predicted molar refractivity (Wildman–Crippen MR) is 80.9 cm³/mol. The summed E-state index contributed by atoms with van der Waals surface area (Å²) in [6, 6.07) is 6.45. The zero-order valence-corrected chi connectivity index (χ0v) is 11.5. The zero-order valence-electron chi connectivity index (χ0n) is 11.5. The molecule has 1 aromatic heterocycles. The van der Waals surface area contributed by atoms with Crippen LogP contribution in [0.25, 0.3) is 5.57 Å². The minimum absolute atomic E-state index is 0.628. The summed E-state index contributed by atoms with van der Waals surface area (Å²) in [5.41, 5.74) is 3.61. The molecule has 1 fully saturated rings. The van der Waals surface area contributed by atoms with Crippen LogP contribution in [0.15, 0.2) is 48.6 Å². The van der Waals surface area contributed by atoms with Gasteiger partial charge in [0.25, 0.3) is 0 Å². The van der Waals surface area contributed by atoms with Gasteiger partial charge in [0.2, 0.25) is 0 Å². The second-order valence-electron chi connectivity index (χ2n) is 5.70. The maximum absolute atomic E-state index is 4.86. The predicted octanol–water partition coefficient (Wildman–Crippen LogP) is 4.88. The summed E-state index contributed by atoms with van der Waals surface area (Å²) < 4.78 is 0. The number of nitrogens with zero attached hydrogens (tertiary/aromatic N) is 1. The summed E-state index contributed by atoms with van der Waals surface area (Å²) in [7, 11) is 0. The Balaban J connectivity index is 1.88. The van der Waals surface area contributed by atoms with Crippen molar-refractivity contribution < 1.29 is 0 Å². The van der Waals surface area contributed by atoms with Crippen molar-refractivity contribution in [1.29, 1.82) is 0 Å². The van der Waals surface area contributed by atoms with Crippen LogP contribution in [0.1, 0.15) is 49.9 Å². The van der Waals surface area contributed by atoms with Crippen LogP contribution in [0.4, 0.5) is 0 Å². The molecule has 0 N–H and O–H groups in total. The van der Waals surface area contributed by atoms with Crippen LogP contribution < -0.4 is 0 Å². The highest BCUT2D eigenvalue weighted by atomic mass is 14.7. The molecule has 98 valence electrons. The summed E-state index contributed by atoms with van der Waals surface area (Å²) in [6.45, 7) is 2.25. The Morgan fingerprint density at radius 1 is 1.21 bits per heavy atom. The molecule has 0 amide bonds. The van der Waals surface area contributed by atoms with Gasteiger partial charge >= 0.3 is 0 Å². The third-order valence-electron chi connectivity index (χ3n) is 4.11. The van der Waals surface area contributed by atoms with Crippen molar-refractivity contribution in [1.82, 2.24) is 4.98 Å². The molecule has 1 saturated carbocycles. The van der Waals surface area contributed by atoms with Crippen LogP contribution in [0.2, 0.25) is 0 Å². The van der Waals surface area contributed by atoms with Crippen molar-refractivity contribution in [2.75, 3.05) is 0 Å². The highest BCUT2D eigenvalue weighted by Gasteiger charge is 2.20. The second kappa shape index (κ2) is 5.56. The van der Waals surface area contributed by atoms with E-state index in [1.807, 2.05) is 0 Å². The van der Waals surface area contributed by atoms with E-state index in [9.17, 15) is 0 Å². The molecule has 1 heteroatoms. The van der Waals surface area contributed by atoms with E-state index >= 15 is 0 Å². The number of allylic oxidation sites excluding steroid dienone is 6. The van der Waals surface area contributed by atoms with Crippen molar-refractivity contribution in [2.24, 2.45) is 5.92 Å². The molecule has 1 nitrogen and oxygen atoms in total. The molecule has 19 heavy (non-hydrogen) atoms. The Bertz CT molecular complexity index is 532. The Kier molecular flexibility index (Phi) is 3.63. The fraction of sp³-hybridized carbons (Fsp3) is 0.389. The van der Waals surface area contributed by atoms with Crippen LogP contribution in [0.3, 0.4) is 0 Å². The fourth-order valence-corrected chi connectivity index (χ4v) is 2.61. The highest BCUT2D eigenvalue weighted by molar-refractivity contribution is 5.73. The van der Waals surface area contributed by atoms with E-state index in [-0.39, 0.29) is 0 Å². The highest BCUT2D eigenvalue weighted by Crippen LogP contribution is 2.35. The van der Waals surface area contributed by atoms with E-state index in [4.69, 9.17) is 4.98 Å². The molecule has 0 aliphatic heterocycles. The number of aromatic nitrogens is 1. The molecule has 3 rings (SSSR count). The second-order valence-corrected chi connectivity index (χ2v) is 5.70. The van der Waals surface area contributed by atoms with Gasteiger partial charge in [0.1, 0.15) is 0 Å². The molecular formula is C18H21N. The molecule has 2 aliphatic carbocycles. The minimum Gasteiger partial charge on any atom is -0.253 e. The lowest BCUT2D eigenvalue weighted by molar-refractivity contribution is 0.411. The standard InChI is InChI=1S/C18H21N/c1-14-6-2-8-15(9-3-7-14)17-12-5-13-18(19-17)16-10-4-11-16/h2-3,5-6,8-9,12-14,16H,4,7,10-11H2,1H3/b6-2-,9-3+,15-8+/t14-/m0/s1. The monoisotopic (exact) mass is 251 g/mol. The third kappa shape index (κ3) is 2.86. The van der Waals surface area contributed by atoms with E-state index in [0.29, 0.717) is 11.8 Å². The molecule has 0 spiro atoms. The van der Waals surface area contributed by atoms with Crippen LogP contribution in [-0.4, -0.2) is 4.98 Å². The van der Waals surface area contributed by atoms with Crippen molar-refractivity contribution in [3.8, 4) is 0 Å². The molecule has 1 heterocycles. The van der Waals surface area contributed by atoms with Gasteiger partial charge in [0.15, 0.2) is 0 Å². The van der Waals surface area contributed by atoms with Crippen molar-refractivity contribution in [3.05, 3.63) is 60.0 Å². The molecule has 1 aromatic rings. The van der Waals surface area contributed by atoms with Gasteiger partial charge in [-0.3, -0.25) is 4.98 Å². The van der Waals surface area contributed by atoms with E-state index in [1.165, 1.54) is 30.5 Å². The van der Waals surface area contributed by atoms with Gasteiger partial charge in [-0.2, -0.15) is 0 Å². The quantitative estimate of drug-likeness (QED) is 0.729. The van der Waals surface area contributed by atoms with Gasteiger partial charge < -0.3 is 0 Å². The molecule has 0 bridgehead atoms. The Labute approximate surface area is 115 Å². The normalized spacial score (nSPS) is 29.5. The first-order valence-corrected chi connectivity index (χ1v) is 7.35. The SMILES string of the molecule is C[C@H]1\C=C/C=C(c2cccc(C3CCC3)n2)\C=C\C1. The summed E-state index contributed by atoms with van der Waals surface area (Å²) in [5, 5.41) is 0. The topological polar surface area (TPSA) is 12.9 Å². The Hall–Kier alpha value is -1.63. The molecular weight excluding hydrogens is 230 g/mol. The molecule has 0 radical (unpaired) electrons. The van der Waals surface area contributed by atoms with Crippen molar-refractivity contribution in [2.45, 2.75) is 38.5 Å². The third-order valence-corrected chi connectivity index (χ3v) is 4.11. The largest absolute Gasteiger partial charge is 0.253 e. The van der Waals surface area contributed by atoms with E-state index in [2.05, 4.69) is 55.5 Å². The number of rotatable bonds is 2. The smallest absolute Gasteiger partial charge is 0.0705 e. The first-order valence-electron chi connectivity index (χ1n) is 7.35. The minimum atomic E-state index is 0.628. The van der Waals surface area contributed by atoms with Gasteiger partial charge in [0.05, 0.1) is 5.69 Å². The van der Waals surface area contributed by atoms with Crippen LogP contribution in [0, 0.1) is 5.92 Å². The van der Waals surface area contributed by atoms with Crippen LogP contribution in [0.5, 0.6) is 0 Å². The fourth-order valence-electron chi connectivity index (χ4n) is 2.61. The summed E-state index contributed by atoms with van der Waals surface area (Å²) in [6.07, 6.45) is 16.2. The zero-order chi connectivity index (χ0) is 13.1. The van der Waals surface area contributed by atoms with Gasteiger partial charge in [-0.05, 0) is 42.9 Å². The average molecular weight is 251 g/mol. The van der Waals surface area contributed by atoms with E-state index < -0.39 is 0 Å². The van der Waals surface area contributed by atoms with Gasteiger partial charge in [-0.15, -0.1) is 0 Å². The van der Waals surface area contributed by atoms with Crippen molar-refractivity contribution >= 4 is 5.57 Å². The average Bonchev–Trinajstić information content (AvgIpc) is 2.32. The van der Waals surface area contributed by atoms with E-state index in [0.717, 1.165) is 12.1 Å². The number of hydrogen-bond acceptors (Lipinski definition) is 1. The summed E-state index contributed by atoms with van der Waals surface area (Å²) in [5.74, 6) is 1.33. The Morgan fingerprint density at radius 2 is 2.11 bits per heavy atom. The van der Waals surface area contributed by atoms with Crippen molar-refractivity contribution in [3.63, 3.8) is 0 Å². The molecule has 1 atom stereocenters. The Morgan fingerprint density at radius 3 is 2.89 bits per heavy atom. The maximum atomic E-state index is 4.86. The van der Waals surface area contributed by atoms with Gasteiger partial charge in [0, 0.05) is 11.6 Å². The lowest BCUT2D eigenvalue weighted by Crippen LogP contribution is -2.11. The van der Waals surface area contributed by atoms with Gasteiger partial charge in [-0.1, -0.05) is 49.8 Å². The van der Waals surface area contributed by atoms with E-state index in [1.54, 1.807) is 0 Å². The molecule has 0 saturated heterocycles. The van der Waals surface area contributed by atoms with Crippen LogP contribution in [-0.2, 0) is 0 Å². The first kappa shape index (κ1) is 12.4. The molecule has 2 aliphatic rings. The first-order chi connectivity index (χ1) is 9.33. The number of hydrogen-bond donors (Lipinski definition) is 0. The number of pyridine rings is 1. The molecule has 0 aromatic carbocycles. The van der Waals surface area contributed by atoms with Crippen LogP contribution >= 0.6 is 0 Å². The lowest BCUT2D eigenvalue weighted by atomic mass is 9.82. The lowest BCUT2D eigenvalue weighted by Gasteiger charge is -2.25.